The van der Waals surface area contributed by atoms with Gasteiger partial charge in [0.05, 0.1) is 11.1 Å². The van der Waals surface area contributed by atoms with E-state index in [-0.39, 0.29) is 36.3 Å². The molecule has 0 radical (unpaired) electrons. The minimum absolute atomic E-state index is 0.0726. The Kier molecular flexibility index (Phi) is 5.02. The quantitative estimate of drug-likeness (QED) is 0.643. The second kappa shape index (κ2) is 7.79. The summed E-state index contributed by atoms with van der Waals surface area (Å²) < 4.78 is 0. The highest BCUT2D eigenvalue weighted by Gasteiger charge is 2.32. The first kappa shape index (κ1) is 19.3. The summed E-state index contributed by atoms with van der Waals surface area (Å²) in [5.74, 6) is -1.31. The van der Waals surface area contributed by atoms with E-state index in [1.54, 1.807) is 12.1 Å². The van der Waals surface area contributed by atoms with Gasteiger partial charge in [-0.15, -0.1) is 0 Å². The highest BCUT2D eigenvalue weighted by atomic mass is 16.2. The Labute approximate surface area is 172 Å². The Morgan fingerprint density at radius 2 is 1.60 bits per heavy atom. The van der Waals surface area contributed by atoms with Crippen molar-refractivity contribution < 1.29 is 19.2 Å². The van der Waals surface area contributed by atoms with E-state index in [1.807, 2.05) is 36.4 Å². The second-order valence-corrected chi connectivity index (χ2v) is 7.05. The van der Waals surface area contributed by atoms with Crippen molar-refractivity contribution in [2.45, 2.75) is 6.42 Å². The van der Waals surface area contributed by atoms with Crippen molar-refractivity contribution in [3.8, 4) is 0 Å². The van der Waals surface area contributed by atoms with E-state index < -0.39 is 5.91 Å². The summed E-state index contributed by atoms with van der Waals surface area (Å²) in [7, 11) is 1.42. The fourth-order valence-electron chi connectivity index (χ4n) is 3.38. The van der Waals surface area contributed by atoms with Crippen LogP contribution >= 0.6 is 0 Å². The summed E-state index contributed by atoms with van der Waals surface area (Å²) in [5, 5.41) is 7.44. The molecule has 1 heterocycles. The minimum Gasteiger partial charge on any atom is -0.352 e. The van der Waals surface area contributed by atoms with Crippen LogP contribution in [0.4, 0.5) is 5.69 Å². The van der Waals surface area contributed by atoms with Gasteiger partial charge in [-0.05, 0) is 41.1 Å². The average Bonchev–Trinajstić information content (AvgIpc) is 2.97. The number of nitrogens with one attached hydrogen (secondary N) is 2. The van der Waals surface area contributed by atoms with E-state index in [0.29, 0.717) is 16.8 Å². The maximum atomic E-state index is 12.3. The molecular weight excluding hydrogens is 382 g/mol. The molecule has 4 amide bonds. The lowest BCUT2D eigenvalue weighted by Crippen LogP contribution is -2.27. The molecule has 0 fully saturated rings. The van der Waals surface area contributed by atoms with Crippen molar-refractivity contribution in [2.24, 2.45) is 0 Å². The zero-order valence-corrected chi connectivity index (χ0v) is 16.3. The zero-order chi connectivity index (χ0) is 21.3. The molecule has 0 unspecified atom stereocenters. The number of imide groups is 1. The van der Waals surface area contributed by atoms with Crippen molar-refractivity contribution in [1.82, 2.24) is 10.2 Å². The molecule has 3 aromatic carbocycles. The molecule has 7 heteroatoms. The fraction of sp³-hybridized carbons (Fsp3) is 0.130. The molecule has 0 spiro atoms. The number of amides is 4. The van der Waals surface area contributed by atoms with Crippen LogP contribution in [0.1, 0.15) is 37.5 Å². The standard InChI is InChI=1S/C23H19N3O4/c1-26-22(29)18-9-8-17(13-19(18)23(26)30)25-20(27)10-11-24-21(28)16-7-6-14-4-2-3-5-15(14)12-16/h2-9,12-13H,10-11H2,1H3,(H,24,28)(H,25,27). The first-order valence-electron chi connectivity index (χ1n) is 9.47. The van der Waals surface area contributed by atoms with Crippen LogP contribution < -0.4 is 10.6 Å². The maximum Gasteiger partial charge on any atom is 0.261 e. The van der Waals surface area contributed by atoms with Gasteiger partial charge in [0.25, 0.3) is 17.7 Å². The van der Waals surface area contributed by atoms with Crippen molar-refractivity contribution in [3.63, 3.8) is 0 Å². The number of rotatable bonds is 5. The van der Waals surface area contributed by atoms with Gasteiger partial charge in [0.1, 0.15) is 0 Å². The molecule has 150 valence electrons. The van der Waals surface area contributed by atoms with Crippen LogP contribution in [0.25, 0.3) is 10.8 Å². The van der Waals surface area contributed by atoms with Gasteiger partial charge in [-0.25, -0.2) is 0 Å². The first-order chi connectivity index (χ1) is 14.4. The van der Waals surface area contributed by atoms with Gasteiger partial charge in [-0.3, -0.25) is 24.1 Å². The summed E-state index contributed by atoms with van der Waals surface area (Å²) >= 11 is 0. The van der Waals surface area contributed by atoms with E-state index in [0.717, 1.165) is 15.7 Å². The van der Waals surface area contributed by atoms with Crippen LogP contribution in [-0.4, -0.2) is 42.1 Å². The van der Waals surface area contributed by atoms with Crippen molar-refractivity contribution >= 4 is 40.1 Å². The smallest absolute Gasteiger partial charge is 0.261 e. The predicted octanol–water partition coefficient (Wildman–Crippen LogP) is 2.82. The first-order valence-corrected chi connectivity index (χ1v) is 9.47. The van der Waals surface area contributed by atoms with E-state index in [9.17, 15) is 19.2 Å². The maximum absolute atomic E-state index is 12.3. The summed E-state index contributed by atoms with van der Waals surface area (Å²) in [6, 6.07) is 17.8. The van der Waals surface area contributed by atoms with Gasteiger partial charge in [-0.2, -0.15) is 0 Å². The lowest BCUT2D eigenvalue weighted by Gasteiger charge is -2.08. The Balaban J connectivity index is 1.32. The Hall–Kier alpha value is -4.00. The Morgan fingerprint density at radius 3 is 2.40 bits per heavy atom. The van der Waals surface area contributed by atoms with Gasteiger partial charge >= 0.3 is 0 Å². The third-order valence-electron chi connectivity index (χ3n) is 5.02. The van der Waals surface area contributed by atoms with Gasteiger partial charge in [0, 0.05) is 31.3 Å². The van der Waals surface area contributed by atoms with E-state index in [1.165, 1.54) is 19.2 Å². The molecule has 30 heavy (non-hydrogen) atoms. The van der Waals surface area contributed by atoms with Crippen LogP contribution in [0.2, 0.25) is 0 Å². The Bertz CT molecular complexity index is 1200. The molecule has 0 bridgehead atoms. The molecule has 0 saturated heterocycles. The van der Waals surface area contributed by atoms with Crippen molar-refractivity contribution in [1.29, 1.82) is 0 Å². The number of fused-ring (bicyclic) bond motifs is 2. The van der Waals surface area contributed by atoms with Gasteiger partial charge in [0.15, 0.2) is 0 Å². The van der Waals surface area contributed by atoms with E-state index >= 15 is 0 Å². The molecule has 1 aliphatic heterocycles. The molecule has 3 aromatic rings. The molecule has 2 N–H and O–H groups in total. The third-order valence-corrected chi connectivity index (χ3v) is 5.02. The number of hydrogen-bond acceptors (Lipinski definition) is 4. The second-order valence-electron chi connectivity index (χ2n) is 7.05. The normalized spacial score (nSPS) is 12.8. The van der Waals surface area contributed by atoms with Gasteiger partial charge in [0.2, 0.25) is 5.91 Å². The highest BCUT2D eigenvalue weighted by Crippen LogP contribution is 2.24. The lowest BCUT2D eigenvalue weighted by atomic mass is 10.1. The summed E-state index contributed by atoms with van der Waals surface area (Å²) in [6.07, 6.45) is 0.0726. The van der Waals surface area contributed by atoms with Crippen LogP contribution in [0.15, 0.2) is 60.7 Å². The SMILES string of the molecule is CN1C(=O)c2ccc(NC(=O)CCNC(=O)c3ccc4ccccc4c3)cc2C1=O. The largest absolute Gasteiger partial charge is 0.352 e. The predicted molar refractivity (Wildman–Crippen MR) is 112 cm³/mol. The zero-order valence-electron chi connectivity index (χ0n) is 16.3. The molecule has 4 rings (SSSR count). The van der Waals surface area contributed by atoms with Crippen molar-refractivity contribution in [2.75, 3.05) is 18.9 Å². The molecule has 0 aliphatic carbocycles. The third kappa shape index (κ3) is 3.65. The average molecular weight is 401 g/mol. The minimum atomic E-state index is -0.395. The number of carbonyl (C=O) groups excluding carboxylic acids is 4. The van der Waals surface area contributed by atoms with E-state index in [4.69, 9.17) is 0 Å². The van der Waals surface area contributed by atoms with Gasteiger partial charge < -0.3 is 10.6 Å². The van der Waals surface area contributed by atoms with Crippen LogP contribution in [0, 0.1) is 0 Å². The summed E-state index contributed by atoms with van der Waals surface area (Å²) in [5.41, 5.74) is 1.55. The molecule has 0 saturated carbocycles. The van der Waals surface area contributed by atoms with Crippen LogP contribution in [-0.2, 0) is 4.79 Å². The topological polar surface area (TPSA) is 95.6 Å². The number of benzene rings is 3. The van der Waals surface area contributed by atoms with Crippen LogP contribution in [0.3, 0.4) is 0 Å². The molecule has 7 nitrogen and oxygen atoms in total. The molecule has 0 atom stereocenters. The Morgan fingerprint density at radius 1 is 0.867 bits per heavy atom. The molecular formula is C23H19N3O4. The summed E-state index contributed by atoms with van der Waals surface area (Å²) in [6.45, 7) is 0.169. The lowest BCUT2D eigenvalue weighted by molar-refractivity contribution is -0.116. The number of hydrogen-bond donors (Lipinski definition) is 2. The number of nitrogens with zero attached hydrogens (tertiary/aromatic N) is 1. The van der Waals surface area contributed by atoms with E-state index in [2.05, 4.69) is 10.6 Å². The fourth-order valence-corrected chi connectivity index (χ4v) is 3.38. The molecule has 1 aliphatic rings. The molecule has 0 aromatic heterocycles. The highest BCUT2D eigenvalue weighted by molar-refractivity contribution is 6.21. The summed E-state index contributed by atoms with van der Waals surface area (Å²) in [4.78, 5) is 49.5. The van der Waals surface area contributed by atoms with Crippen molar-refractivity contribution in [3.05, 3.63) is 77.4 Å². The monoisotopic (exact) mass is 401 g/mol. The number of anilines is 1. The number of carbonyl (C=O) groups is 4. The van der Waals surface area contributed by atoms with Crippen LogP contribution in [0.5, 0.6) is 0 Å². The van der Waals surface area contributed by atoms with Gasteiger partial charge in [-0.1, -0.05) is 30.3 Å².